The Morgan fingerprint density at radius 1 is 1.14 bits per heavy atom. The molecular formula is C9H6Cl2N2O. The van der Waals surface area contributed by atoms with Gasteiger partial charge in [-0.15, -0.1) is 0 Å². The molecule has 0 saturated carbocycles. The summed E-state index contributed by atoms with van der Waals surface area (Å²) in [5.74, 6) is 0.481. The van der Waals surface area contributed by atoms with Crippen LogP contribution >= 0.6 is 23.2 Å². The van der Waals surface area contributed by atoms with Gasteiger partial charge in [0.2, 0.25) is 0 Å². The van der Waals surface area contributed by atoms with Crippen LogP contribution in [0.5, 0.6) is 0 Å². The molecule has 0 aliphatic rings. The Balaban J connectivity index is 2.57. The van der Waals surface area contributed by atoms with Crippen LogP contribution in [0.15, 0.2) is 28.9 Å². The minimum Gasteiger partial charge on any atom is -0.394 e. The molecule has 14 heavy (non-hydrogen) atoms. The van der Waals surface area contributed by atoms with Crippen molar-refractivity contribution in [2.75, 3.05) is 5.73 Å². The van der Waals surface area contributed by atoms with E-state index in [-0.39, 0.29) is 0 Å². The maximum absolute atomic E-state index is 5.83. The van der Waals surface area contributed by atoms with Gasteiger partial charge in [-0.05, 0) is 18.2 Å². The Bertz CT molecular complexity index is 447. The molecule has 0 spiro atoms. The third-order valence-electron chi connectivity index (χ3n) is 1.72. The predicted octanol–water partition coefficient (Wildman–Crippen LogP) is 3.23. The number of nitrogens with two attached hydrogens (primary N) is 1. The molecule has 72 valence electrons. The molecule has 1 aromatic heterocycles. The van der Waals surface area contributed by atoms with Gasteiger partial charge in [0.05, 0.1) is 6.20 Å². The summed E-state index contributed by atoms with van der Waals surface area (Å²) in [5, 5.41) is 4.63. The molecule has 1 heterocycles. The molecule has 2 N–H and O–H groups in total. The Morgan fingerprint density at radius 2 is 1.79 bits per heavy atom. The van der Waals surface area contributed by atoms with Gasteiger partial charge in [0.25, 0.3) is 0 Å². The van der Waals surface area contributed by atoms with Gasteiger partial charge in [0.1, 0.15) is 5.69 Å². The first-order chi connectivity index (χ1) is 6.66. The second kappa shape index (κ2) is 3.52. The Hall–Kier alpha value is -1.19. The van der Waals surface area contributed by atoms with Crippen LogP contribution in [-0.4, -0.2) is 5.16 Å². The largest absolute Gasteiger partial charge is 0.394 e. The van der Waals surface area contributed by atoms with Crippen LogP contribution < -0.4 is 5.73 Å². The quantitative estimate of drug-likeness (QED) is 0.816. The van der Waals surface area contributed by atoms with Crippen molar-refractivity contribution in [1.29, 1.82) is 0 Å². The Morgan fingerprint density at radius 3 is 2.29 bits per heavy atom. The van der Waals surface area contributed by atoms with Crippen molar-refractivity contribution in [1.82, 2.24) is 5.16 Å². The topological polar surface area (TPSA) is 52.0 Å². The highest BCUT2D eigenvalue weighted by Crippen LogP contribution is 2.30. The Labute approximate surface area is 90.4 Å². The van der Waals surface area contributed by atoms with Crippen LogP contribution in [0, 0.1) is 0 Å². The number of benzene rings is 1. The molecule has 0 unspecified atom stereocenters. The summed E-state index contributed by atoms with van der Waals surface area (Å²) in [6.07, 6.45) is 1.43. The zero-order valence-electron chi connectivity index (χ0n) is 7.00. The number of anilines is 1. The highest BCUT2D eigenvalue weighted by molar-refractivity contribution is 6.35. The van der Waals surface area contributed by atoms with Crippen LogP contribution in [0.3, 0.4) is 0 Å². The molecule has 0 atom stereocenters. The molecule has 0 saturated heterocycles. The third-order valence-corrected chi connectivity index (χ3v) is 2.16. The van der Waals surface area contributed by atoms with E-state index >= 15 is 0 Å². The highest BCUT2D eigenvalue weighted by Gasteiger charge is 2.09. The molecule has 1 aromatic carbocycles. The number of aromatic nitrogens is 1. The number of nitrogens with zero attached hydrogens (tertiary/aromatic N) is 1. The zero-order chi connectivity index (χ0) is 10.1. The second-order valence-electron chi connectivity index (χ2n) is 2.77. The fourth-order valence-corrected chi connectivity index (χ4v) is 1.68. The summed E-state index contributed by atoms with van der Waals surface area (Å²) in [6.45, 7) is 0. The van der Waals surface area contributed by atoms with E-state index in [1.807, 2.05) is 0 Å². The van der Waals surface area contributed by atoms with E-state index in [0.717, 1.165) is 5.56 Å². The SMILES string of the molecule is Nc1cnoc1-c1cc(Cl)cc(Cl)c1. The average molecular weight is 229 g/mol. The van der Waals surface area contributed by atoms with Crippen LogP contribution in [-0.2, 0) is 0 Å². The minimum atomic E-state index is 0.461. The smallest absolute Gasteiger partial charge is 0.189 e. The number of hydrogen-bond acceptors (Lipinski definition) is 3. The van der Waals surface area contributed by atoms with Crippen molar-refractivity contribution in [2.24, 2.45) is 0 Å². The van der Waals surface area contributed by atoms with Crippen molar-refractivity contribution in [3.63, 3.8) is 0 Å². The van der Waals surface area contributed by atoms with Crippen molar-refractivity contribution in [3.05, 3.63) is 34.4 Å². The lowest BCUT2D eigenvalue weighted by Crippen LogP contribution is -1.84. The van der Waals surface area contributed by atoms with Crippen LogP contribution in [0.4, 0.5) is 5.69 Å². The summed E-state index contributed by atoms with van der Waals surface area (Å²) in [6, 6.07) is 5.06. The summed E-state index contributed by atoms with van der Waals surface area (Å²) in [7, 11) is 0. The highest BCUT2D eigenvalue weighted by atomic mass is 35.5. The fraction of sp³-hybridized carbons (Fsp3) is 0. The second-order valence-corrected chi connectivity index (χ2v) is 3.64. The standard InChI is InChI=1S/C9H6Cl2N2O/c10-6-1-5(2-7(11)3-6)9-8(12)4-13-14-9/h1-4H,12H2. The van der Waals surface area contributed by atoms with Crippen LogP contribution in [0.2, 0.25) is 10.0 Å². The lowest BCUT2D eigenvalue weighted by atomic mass is 10.1. The molecule has 2 rings (SSSR count). The van der Waals surface area contributed by atoms with Gasteiger partial charge in [0.15, 0.2) is 5.76 Å². The third kappa shape index (κ3) is 1.69. The maximum atomic E-state index is 5.83. The molecular weight excluding hydrogens is 223 g/mol. The van der Waals surface area contributed by atoms with Gasteiger partial charge < -0.3 is 10.3 Å². The normalized spacial score (nSPS) is 10.4. The number of nitrogen functional groups attached to an aromatic ring is 1. The first kappa shape index (κ1) is 9.37. The van der Waals surface area contributed by atoms with Crippen molar-refractivity contribution in [3.8, 4) is 11.3 Å². The van der Waals surface area contributed by atoms with E-state index in [4.69, 9.17) is 33.5 Å². The first-order valence-corrected chi connectivity index (χ1v) is 4.59. The van der Waals surface area contributed by atoms with Gasteiger partial charge in [-0.25, -0.2) is 0 Å². The van der Waals surface area contributed by atoms with E-state index in [1.54, 1.807) is 18.2 Å². The molecule has 5 heteroatoms. The van der Waals surface area contributed by atoms with Gasteiger partial charge in [-0.2, -0.15) is 0 Å². The molecule has 0 bridgehead atoms. The van der Waals surface area contributed by atoms with Crippen molar-refractivity contribution in [2.45, 2.75) is 0 Å². The minimum absolute atomic E-state index is 0.461. The van der Waals surface area contributed by atoms with Gasteiger partial charge in [-0.1, -0.05) is 28.4 Å². The molecule has 0 radical (unpaired) electrons. The summed E-state index contributed by atoms with van der Waals surface area (Å²) in [5.41, 5.74) is 6.81. The van der Waals surface area contributed by atoms with Crippen LogP contribution in [0.1, 0.15) is 0 Å². The lowest BCUT2D eigenvalue weighted by molar-refractivity contribution is 0.432. The molecule has 0 fully saturated rings. The van der Waals surface area contributed by atoms with Crippen molar-refractivity contribution >= 4 is 28.9 Å². The van der Waals surface area contributed by atoms with E-state index < -0.39 is 0 Å². The molecule has 2 aromatic rings. The molecule has 0 aliphatic carbocycles. The van der Waals surface area contributed by atoms with Gasteiger partial charge >= 0.3 is 0 Å². The van der Waals surface area contributed by atoms with Crippen molar-refractivity contribution < 1.29 is 4.52 Å². The van der Waals surface area contributed by atoms with E-state index in [2.05, 4.69) is 5.16 Å². The average Bonchev–Trinajstić information content (AvgIpc) is 2.49. The monoisotopic (exact) mass is 228 g/mol. The molecule has 0 amide bonds. The maximum Gasteiger partial charge on any atom is 0.189 e. The van der Waals surface area contributed by atoms with E-state index in [9.17, 15) is 0 Å². The number of halogens is 2. The van der Waals surface area contributed by atoms with Gasteiger partial charge in [0, 0.05) is 15.6 Å². The van der Waals surface area contributed by atoms with E-state index in [0.29, 0.717) is 21.5 Å². The Kier molecular flexibility index (Phi) is 2.35. The number of rotatable bonds is 1. The summed E-state index contributed by atoms with van der Waals surface area (Å²) in [4.78, 5) is 0. The zero-order valence-corrected chi connectivity index (χ0v) is 8.51. The molecule has 3 nitrogen and oxygen atoms in total. The summed E-state index contributed by atoms with van der Waals surface area (Å²) < 4.78 is 4.97. The summed E-state index contributed by atoms with van der Waals surface area (Å²) >= 11 is 11.7. The van der Waals surface area contributed by atoms with Gasteiger partial charge in [-0.3, -0.25) is 0 Å². The first-order valence-electron chi connectivity index (χ1n) is 3.83. The van der Waals surface area contributed by atoms with E-state index in [1.165, 1.54) is 6.20 Å². The van der Waals surface area contributed by atoms with Crippen LogP contribution in [0.25, 0.3) is 11.3 Å². The molecule has 0 aliphatic heterocycles. The predicted molar refractivity (Wildman–Crippen MR) is 56.4 cm³/mol. The fourth-order valence-electron chi connectivity index (χ4n) is 1.15. The number of hydrogen-bond donors (Lipinski definition) is 1. The lowest BCUT2D eigenvalue weighted by Gasteiger charge is -1.99.